The van der Waals surface area contributed by atoms with E-state index in [9.17, 15) is 14.8 Å². The van der Waals surface area contributed by atoms with Crippen LogP contribution < -0.4 is 11.2 Å². The molecule has 0 aliphatic carbocycles. The van der Waals surface area contributed by atoms with Crippen molar-refractivity contribution in [3.05, 3.63) is 91.6 Å². The molecule has 0 atom stereocenters. The zero-order chi connectivity index (χ0) is 20.3. The third-order valence-corrected chi connectivity index (χ3v) is 4.60. The molecule has 6 heteroatoms. The van der Waals surface area contributed by atoms with Crippen LogP contribution in [0.15, 0.2) is 58.1 Å². The van der Waals surface area contributed by atoms with E-state index >= 15 is 0 Å². The minimum atomic E-state index is -0.815. The van der Waals surface area contributed by atoms with Gasteiger partial charge in [-0.15, -0.1) is 0 Å². The Morgan fingerprint density at radius 3 is 2.25 bits per heavy atom. The fraction of sp³-hybridized carbons (Fsp3) is 0.273. The van der Waals surface area contributed by atoms with E-state index in [0.29, 0.717) is 24.3 Å². The van der Waals surface area contributed by atoms with E-state index in [1.807, 2.05) is 69.3 Å². The SMILES string of the molecule is CCc1c(-c2cc(C)cc(C)c2)n(COCc2ccccc2)c(=O)n(O)c1=O. The van der Waals surface area contributed by atoms with Crippen LogP contribution in [0, 0.1) is 13.8 Å². The van der Waals surface area contributed by atoms with Crippen LogP contribution in [0.1, 0.15) is 29.2 Å². The summed E-state index contributed by atoms with van der Waals surface area (Å²) in [7, 11) is 0. The summed E-state index contributed by atoms with van der Waals surface area (Å²) in [6.07, 6.45) is 0.376. The molecule has 3 rings (SSSR count). The largest absolute Gasteiger partial charge is 0.421 e. The third kappa shape index (κ3) is 3.92. The molecule has 0 spiro atoms. The number of benzene rings is 2. The van der Waals surface area contributed by atoms with E-state index in [4.69, 9.17) is 4.74 Å². The van der Waals surface area contributed by atoms with Gasteiger partial charge in [0.15, 0.2) is 0 Å². The van der Waals surface area contributed by atoms with Gasteiger partial charge in [0.1, 0.15) is 6.73 Å². The van der Waals surface area contributed by atoms with Crippen LogP contribution in [-0.2, 0) is 24.5 Å². The molecular formula is C22H24N2O4. The van der Waals surface area contributed by atoms with Crippen molar-refractivity contribution >= 4 is 0 Å². The highest BCUT2D eigenvalue weighted by Gasteiger charge is 2.19. The minimum Gasteiger partial charge on any atom is -0.421 e. The molecule has 6 nitrogen and oxygen atoms in total. The predicted octanol–water partition coefficient (Wildman–Crippen LogP) is 3.27. The van der Waals surface area contributed by atoms with Crippen molar-refractivity contribution in [3.8, 4) is 11.3 Å². The zero-order valence-electron chi connectivity index (χ0n) is 16.3. The molecule has 2 aromatic carbocycles. The molecule has 0 saturated carbocycles. The van der Waals surface area contributed by atoms with Gasteiger partial charge in [-0.2, -0.15) is 0 Å². The predicted molar refractivity (Wildman–Crippen MR) is 108 cm³/mol. The highest BCUT2D eigenvalue weighted by Crippen LogP contribution is 2.24. The summed E-state index contributed by atoms with van der Waals surface area (Å²) in [6.45, 7) is 5.98. The number of hydrogen-bond acceptors (Lipinski definition) is 4. The molecule has 3 aromatic rings. The first-order valence-electron chi connectivity index (χ1n) is 9.20. The molecule has 1 N–H and O–H groups in total. The first-order valence-corrected chi connectivity index (χ1v) is 9.20. The van der Waals surface area contributed by atoms with Crippen LogP contribution in [0.25, 0.3) is 11.3 Å². The number of hydrogen-bond donors (Lipinski definition) is 1. The van der Waals surface area contributed by atoms with Crippen molar-refractivity contribution in [1.29, 1.82) is 0 Å². The molecule has 1 aromatic heterocycles. The van der Waals surface area contributed by atoms with E-state index in [1.165, 1.54) is 4.57 Å². The van der Waals surface area contributed by atoms with Crippen molar-refractivity contribution in [2.75, 3.05) is 0 Å². The molecule has 0 unspecified atom stereocenters. The molecule has 0 amide bonds. The van der Waals surface area contributed by atoms with Crippen molar-refractivity contribution in [3.63, 3.8) is 0 Å². The van der Waals surface area contributed by atoms with Gasteiger partial charge in [0, 0.05) is 5.56 Å². The van der Waals surface area contributed by atoms with Crippen LogP contribution in [0.4, 0.5) is 0 Å². The van der Waals surface area contributed by atoms with E-state index < -0.39 is 11.2 Å². The van der Waals surface area contributed by atoms with Crippen molar-refractivity contribution in [1.82, 2.24) is 9.30 Å². The normalized spacial score (nSPS) is 11.0. The fourth-order valence-electron chi connectivity index (χ4n) is 3.40. The smallest absolute Gasteiger partial charge is 0.366 e. The van der Waals surface area contributed by atoms with Crippen molar-refractivity contribution in [2.24, 2.45) is 0 Å². The van der Waals surface area contributed by atoms with Crippen molar-refractivity contribution < 1.29 is 9.94 Å². The van der Waals surface area contributed by atoms with E-state index in [0.717, 1.165) is 22.3 Å². The second kappa shape index (κ2) is 8.27. The molecule has 0 aliphatic heterocycles. The second-order valence-electron chi connectivity index (χ2n) is 6.85. The topological polar surface area (TPSA) is 73.5 Å². The fourth-order valence-corrected chi connectivity index (χ4v) is 3.40. The summed E-state index contributed by atoms with van der Waals surface area (Å²) < 4.78 is 7.22. The monoisotopic (exact) mass is 380 g/mol. The molecule has 0 radical (unpaired) electrons. The molecule has 1 heterocycles. The summed E-state index contributed by atoms with van der Waals surface area (Å²) in [5.41, 5.74) is 3.12. The van der Waals surface area contributed by atoms with Gasteiger partial charge in [-0.1, -0.05) is 59.2 Å². The maximum atomic E-state index is 12.7. The number of ether oxygens (including phenoxy) is 1. The van der Waals surface area contributed by atoms with Gasteiger partial charge in [-0.05, 0) is 43.5 Å². The number of aromatic nitrogens is 2. The average Bonchev–Trinajstić information content (AvgIpc) is 2.67. The lowest BCUT2D eigenvalue weighted by Crippen LogP contribution is -2.42. The second-order valence-corrected chi connectivity index (χ2v) is 6.85. The van der Waals surface area contributed by atoms with Gasteiger partial charge >= 0.3 is 5.69 Å². The lowest BCUT2D eigenvalue weighted by molar-refractivity contribution is 0.0532. The molecule has 0 saturated heterocycles. The Labute approximate surface area is 163 Å². The van der Waals surface area contributed by atoms with Gasteiger partial charge in [-0.25, -0.2) is 4.79 Å². The van der Waals surface area contributed by atoms with Crippen LogP contribution in [-0.4, -0.2) is 14.5 Å². The summed E-state index contributed by atoms with van der Waals surface area (Å²) in [6, 6.07) is 15.5. The standard InChI is InChI=1S/C22H24N2O4/c1-4-19-20(18-11-15(2)10-16(3)12-18)23(22(26)24(27)21(19)25)14-28-13-17-8-6-5-7-9-17/h5-12,27H,4,13-14H2,1-3H3. The summed E-state index contributed by atoms with van der Waals surface area (Å²) in [5.74, 6) is 0. The Morgan fingerprint density at radius 2 is 1.64 bits per heavy atom. The zero-order valence-corrected chi connectivity index (χ0v) is 16.3. The summed E-state index contributed by atoms with van der Waals surface area (Å²) in [4.78, 5) is 25.2. The van der Waals surface area contributed by atoms with Gasteiger partial charge in [0.2, 0.25) is 0 Å². The first-order chi connectivity index (χ1) is 13.4. The van der Waals surface area contributed by atoms with Crippen LogP contribution in [0.3, 0.4) is 0 Å². The Kier molecular flexibility index (Phi) is 5.80. The Morgan fingerprint density at radius 1 is 1.00 bits per heavy atom. The van der Waals surface area contributed by atoms with E-state index in [-0.39, 0.29) is 11.5 Å². The molecule has 0 bridgehead atoms. The van der Waals surface area contributed by atoms with Gasteiger partial charge in [0.05, 0.1) is 12.3 Å². The number of rotatable bonds is 6. The highest BCUT2D eigenvalue weighted by atomic mass is 16.5. The first kappa shape index (κ1) is 19.6. The van der Waals surface area contributed by atoms with E-state index in [2.05, 4.69) is 0 Å². The molecular weight excluding hydrogens is 356 g/mol. The Bertz CT molecular complexity index is 1080. The quantitative estimate of drug-likeness (QED) is 0.666. The Hall–Kier alpha value is -3.12. The lowest BCUT2D eigenvalue weighted by atomic mass is 10.0. The third-order valence-electron chi connectivity index (χ3n) is 4.60. The van der Waals surface area contributed by atoms with Gasteiger partial charge < -0.3 is 9.94 Å². The summed E-state index contributed by atoms with van der Waals surface area (Å²) >= 11 is 0. The van der Waals surface area contributed by atoms with Gasteiger partial charge in [-0.3, -0.25) is 9.36 Å². The lowest BCUT2D eigenvalue weighted by Gasteiger charge is -2.18. The minimum absolute atomic E-state index is 0.0795. The maximum Gasteiger partial charge on any atom is 0.366 e. The maximum absolute atomic E-state index is 12.7. The van der Waals surface area contributed by atoms with Crippen LogP contribution in [0.5, 0.6) is 0 Å². The molecule has 0 fully saturated rings. The molecule has 28 heavy (non-hydrogen) atoms. The average molecular weight is 380 g/mol. The van der Waals surface area contributed by atoms with Crippen LogP contribution in [0.2, 0.25) is 0 Å². The van der Waals surface area contributed by atoms with Gasteiger partial charge in [0.25, 0.3) is 5.56 Å². The van der Waals surface area contributed by atoms with Crippen LogP contribution >= 0.6 is 0 Å². The summed E-state index contributed by atoms with van der Waals surface area (Å²) in [5, 5.41) is 10.0. The molecule has 0 aliphatic rings. The highest BCUT2D eigenvalue weighted by molar-refractivity contribution is 5.65. The van der Waals surface area contributed by atoms with Crippen molar-refractivity contribution in [2.45, 2.75) is 40.5 Å². The number of aryl methyl sites for hydroxylation is 2. The number of nitrogens with zero attached hydrogens (tertiary/aromatic N) is 2. The molecule has 146 valence electrons. The van der Waals surface area contributed by atoms with E-state index in [1.54, 1.807) is 0 Å². The Balaban J connectivity index is 2.10.